The van der Waals surface area contributed by atoms with Crippen LogP contribution in [0.2, 0.25) is 0 Å². The van der Waals surface area contributed by atoms with Crippen LogP contribution < -0.4 is 15.4 Å². The third-order valence-electron chi connectivity index (χ3n) is 4.31. The molecule has 4 rings (SSSR count). The predicted molar refractivity (Wildman–Crippen MR) is 107 cm³/mol. The van der Waals surface area contributed by atoms with Gasteiger partial charge in [-0.3, -0.25) is 0 Å². The van der Waals surface area contributed by atoms with E-state index in [1.165, 1.54) is 0 Å². The zero-order valence-corrected chi connectivity index (χ0v) is 15.2. The van der Waals surface area contributed by atoms with Crippen molar-refractivity contribution in [2.45, 2.75) is 13.5 Å². The average Bonchev–Trinajstić information content (AvgIpc) is 3.21. The van der Waals surface area contributed by atoms with Crippen LogP contribution in [-0.2, 0) is 6.54 Å². The van der Waals surface area contributed by atoms with Gasteiger partial charge in [0.25, 0.3) is 0 Å². The van der Waals surface area contributed by atoms with Crippen molar-refractivity contribution in [3.8, 4) is 5.75 Å². The molecule has 0 aliphatic rings. The lowest BCUT2D eigenvalue weighted by Gasteiger charge is -2.14. The van der Waals surface area contributed by atoms with Crippen molar-refractivity contribution in [3.05, 3.63) is 72.2 Å². The number of fused-ring (bicyclic) bond motifs is 1. The molecule has 6 nitrogen and oxygen atoms in total. The first-order valence-corrected chi connectivity index (χ1v) is 8.68. The summed E-state index contributed by atoms with van der Waals surface area (Å²) in [5.41, 5.74) is 2.88. The summed E-state index contributed by atoms with van der Waals surface area (Å²) in [6, 6.07) is 17.7. The van der Waals surface area contributed by atoms with Gasteiger partial charge in [-0.25, -0.2) is 4.98 Å². The second kappa shape index (κ2) is 7.37. The van der Waals surface area contributed by atoms with Gasteiger partial charge in [-0.1, -0.05) is 24.3 Å². The maximum Gasteiger partial charge on any atom is 0.225 e. The molecule has 4 aromatic rings. The third-order valence-corrected chi connectivity index (χ3v) is 4.31. The van der Waals surface area contributed by atoms with Crippen molar-refractivity contribution >= 4 is 28.4 Å². The fourth-order valence-corrected chi connectivity index (χ4v) is 2.88. The number of ether oxygens (including phenoxy) is 1. The second-order valence-corrected chi connectivity index (χ2v) is 6.13. The van der Waals surface area contributed by atoms with Gasteiger partial charge >= 0.3 is 0 Å². The molecule has 2 heterocycles. The molecule has 0 saturated heterocycles. The monoisotopic (exact) mass is 360 g/mol. The molecule has 0 radical (unpaired) electrons. The molecular formula is C21H20N4O2. The summed E-state index contributed by atoms with van der Waals surface area (Å²) in [6.07, 6.45) is 1.65. The molecule has 2 N–H and O–H groups in total. The molecule has 0 spiro atoms. The van der Waals surface area contributed by atoms with Crippen LogP contribution in [0.15, 0.2) is 65.3 Å². The molecule has 0 aliphatic carbocycles. The van der Waals surface area contributed by atoms with Crippen molar-refractivity contribution in [3.63, 3.8) is 0 Å². The molecular weight excluding hydrogens is 340 g/mol. The highest BCUT2D eigenvalue weighted by Gasteiger charge is 2.13. The Bertz CT molecular complexity index is 1060. The summed E-state index contributed by atoms with van der Waals surface area (Å²) in [5, 5.41) is 7.54. The predicted octanol–water partition coefficient (Wildman–Crippen LogP) is 4.90. The van der Waals surface area contributed by atoms with Gasteiger partial charge < -0.3 is 19.8 Å². The van der Waals surface area contributed by atoms with Crippen LogP contribution in [0.1, 0.15) is 11.3 Å². The lowest BCUT2D eigenvalue weighted by atomic mass is 10.2. The Morgan fingerprint density at radius 2 is 1.89 bits per heavy atom. The fourth-order valence-electron chi connectivity index (χ4n) is 2.88. The fraction of sp³-hybridized carbons (Fsp3) is 0.143. The van der Waals surface area contributed by atoms with E-state index in [0.29, 0.717) is 18.2 Å². The van der Waals surface area contributed by atoms with E-state index < -0.39 is 0 Å². The van der Waals surface area contributed by atoms with Crippen LogP contribution in [0.5, 0.6) is 5.75 Å². The molecule has 2 aromatic heterocycles. The van der Waals surface area contributed by atoms with Gasteiger partial charge in [-0.2, -0.15) is 4.98 Å². The van der Waals surface area contributed by atoms with E-state index in [-0.39, 0.29) is 0 Å². The number of aryl methyl sites for hydroxylation is 1. The van der Waals surface area contributed by atoms with Gasteiger partial charge in [0.1, 0.15) is 22.8 Å². The zero-order valence-electron chi connectivity index (χ0n) is 15.2. The summed E-state index contributed by atoms with van der Waals surface area (Å²) in [6.45, 7) is 2.56. The van der Waals surface area contributed by atoms with Crippen molar-refractivity contribution < 1.29 is 9.15 Å². The van der Waals surface area contributed by atoms with Gasteiger partial charge in [-0.15, -0.1) is 0 Å². The first-order valence-electron chi connectivity index (χ1n) is 8.68. The first kappa shape index (κ1) is 16.9. The number of methoxy groups -OCH3 is 1. The molecule has 27 heavy (non-hydrogen) atoms. The Morgan fingerprint density at radius 1 is 1.00 bits per heavy atom. The normalized spacial score (nSPS) is 10.7. The topological polar surface area (TPSA) is 72.2 Å². The maximum atomic E-state index is 5.50. The van der Waals surface area contributed by atoms with Crippen molar-refractivity contribution in [1.29, 1.82) is 0 Å². The molecule has 136 valence electrons. The lowest BCUT2D eigenvalue weighted by molar-refractivity contribution is 0.419. The van der Waals surface area contributed by atoms with E-state index in [9.17, 15) is 0 Å². The van der Waals surface area contributed by atoms with Gasteiger partial charge in [0.05, 0.1) is 19.9 Å². The second-order valence-electron chi connectivity index (χ2n) is 6.13. The third kappa shape index (κ3) is 3.55. The van der Waals surface area contributed by atoms with Crippen LogP contribution in [-0.4, -0.2) is 17.1 Å². The first-order chi connectivity index (χ1) is 13.2. The number of benzene rings is 2. The molecule has 0 bridgehead atoms. The number of hydrogen-bond donors (Lipinski definition) is 2. The van der Waals surface area contributed by atoms with Gasteiger partial charge in [0.2, 0.25) is 5.95 Å². The van der Waals surface area contributed by atoms with E-state index in [1.807, 2.05) is 48.5 Å². The van der Waals surface area contributed by atoms with Crippen LogP contribution >= 0.6 is 0 Å². The lowest BCUT2D eigenvalue weighted by Crippen LogP contribution is -2.06. The molecule has 0 aliphatic heterocycles. The Hall–Kier alpha value is -3.54. The van der Waals surface area contributed by atoms with Crippen molar-refractivity contribution in [2.24, 2.45) is 0 Å². The summed E-state index contributed by atoms with van der Waals surface area (Å²) in [5.74, 6) is 2.73. The largest absolute Gasteiger partial charge is 0.494 e. The summed E-state index contributed by atoms with van der Waals surface area (Å²) < 4.78 is 10.9. The standard InChI is InChI=1S/C21H20N4O2/c1-14-7-3-4-10-17(14)23-20-16-9-5-11-18(26-2)19(16)24-21(25-20)22-13-15-8-6-12-27-15/h3-12H,13H2,1-2H3,(H2,22,23,24,25). The Balaban J connectivity index is 1.76. The average molecular weight is 360 g/mol. The number of anilines is 3. The Morgan fingerprint density at radius 3 is 2.67 bits per heavy atom. The summed E-state index contributed by atoms with van der Waals surface area (Å²) in [4.78, 5) is 9.32. The van der Waals surface area contributed by atoms with Gasteiger partial charge in [-0.05, 0) is 42.8 Å². The zero-order chi connectivity index (χ0) is 18.6. The minimum atomic E-state index is 0.497. The van der Waals surface area contributed by atoms with E-state index in [4.69, 9.17) is 9.15 Å². The quantitative estimate of drug-likeness (QED) is 0.510. The van der Waals surface area contributed by atoms with Crippen molar-refractivity contribution in [2.75, 3.05) is 17.7 Å². The van der Waals surface area contributed by atoms with E-state index >= 15 is 0 Å². The minimum Gasteiger partial charge on any atom is -0.494 e. The molecule has 0 unspecified atom stereocenters. The Labute approximate surface area is 157 Å². The number of nitrogens with one attached hydrogen (secondary N) is 2. The highest BCUT2D eigenvalue weighted by Crippen LogP contribution is 2.31. The van der Waals surface area contributed by atoms with E-state index in [1.54, 1.807) is 13.4 Å². The number of aromatic nitrogens is 2. The molecule has 0 atom stereocenters. The van der Waals surface area contributed by atoms with Crippen molar-refractivity contribution in [1.82, 2.24) is 9.97 Å². The van der Waals surface area contributed by atoms with Crippen LogP contribution in [0.3, 0.4) is 0 Å². The number of nitrogens with zero attached hydrogens (tertiary/aromatic N) is 2. The Kier molecular flexibility index (Phi) is 4.61. The summed E-state index contributed by atoms with van der Waals surface area (Å²) in [7, 11) is 1.64. The number of rotatable bonds is 6. The van der Waals surface area contributed by atoms with E-state index in [2.05, 4.69) is 33.6 Å². The van der Waals surface area contributed by atoms with Gasteiger partial charge in [0, 0.05) is 11.1 Å². The number of hydrogen-bond acceptors (Lipinski definition) is 6. The van der Waals surface area contributed by atoms with Gasteiger partial charge in [0.15, 0.2) is 0 Å². The highest BCUT2D eigenvalue weighted by molar-refractivity contribution is 5.95. The van der Waals surface area contributed by atoms with Crippen LogP contribution in [0, 0.1) is 6.92 Å². The molecule has 6 heteroatoms. The van der Waals surface area contributed by atoms with E-state index in [0.717, 1.165) is 33.7 Å². The van der Waals surface area contributed by atoms with Crippen LogP contribution in [0.25, 0.3) is 10.9 Å². The minimum absolute atomic E-state index is 0.497. The molecule has 0 amide bonds. The smallest absolute Gasteiger partial charge is 0.225 e. The van der Waals surface area contributed by atoms with Crippen LogP contribution in [0.4, 0.5) is 17.5 Å². The molecule has 0 saturated carbocycles. The highest BCUT2D eigenvalue weighted by atomic mass is 16.5. The SMILES string of the molecule is COc1cccc2c(Nc3ccccc3C)nc(NCc3ccco3)nc12. The molecule has 2 aromatic carbocycles. The number of furan rings is 1. The summed E-state index contributed by atoms with van der Waals surface area (Å²) >= 11 is 0. The maximum absolute atomic E-state index is 5.50. The number of para-hydroxylation sites is 2. The molecule has 0 fully saturated rings.